The Morgan fingerprint density at radius 2 is 2.00 bits per heavy atom. The predicted octanol–water partition coefficient (Wildman–Crippen LogP) is 0.190. The van der Waals surface area contributed by atoms with Crippen LogP contribution in [0.1, 0.15) is 5.56 Å². The molecule has 1 fully saturated rings. The highest BCUT2D eigenvalue weighted by Crippen LogP contribution is 2.21. The van der Waals surface area contributed by atoms with Crippen LogP contribution < -0.4 is 21.2 Å². The second kappa shape index (κ2) is 5.21. The lowest BCUT2D eigenvalue weighted by Crippen LogP contribution is -2.51. The molecule has 7 nitrogen and oxygen atoms in total. The van der Waals surface area contributed by atoms with Crippen molar-refractivity contribution in [3.63, 3.8) is 0 Å². The van der Waals surface area contributed by atoms with Crippen LogP contribution in [0.4, 0.5) is 4.79 Å². The summed E-state index contributed by atoms with van der Waals surface area (Å²) in [7, 11) is 1.53. The third-order valence-electron chi connectivity index (χ3n) is 2.53. The second-order valence-electron chi connectivity index (χ2n) is 3.69. The van der Waals surface area contributed by atoms with Crippen LogP contribution in [0.3, 0.4) is 0 Å². The fourth-order valence-corrected chi connectivity index (χ4v) is 1.66. The Kier molecular flexibility index (Phi) is 3.46. The average Bonchev–Trinajstić information content (AvgIpc) is 2.42. The molecule has 1 aromatic rings. The molecule has 0 spiro atoms. The van der Waals surface area contributed by atoms with Crippen LogP contribution in [-0.2, 0) is 4.79 Å². The van der Waals surface area contributed by atoms with Crippen molar-refractivity contribution in [3.05, 3.63) is 35.4 Å². The number of hydrogen-bond acceptors (Lipinski definition) is 5. The van der Waals surface area contributed by atoms with E-state index in [1.165, 1.54) is 7.11 Å². The number of imide groups is 1. The molecule has 7 heteroatoms. The van der Waals surface area contributed by atoms with Gasteiger partial charge in [0.25, 0.3) is 5.91 Å². The lowest BCUT2D eigenvalue weighted by Gasteiger charge is -2.17. The molecule has 19 heavy (non-hydrogen) atoms. The number of amides is 3. The summed E-state index contributed by atoms with van der Waals surface area (Å²) in [5, 5.41) is 7.86. The van der Waals surface area contributed by atoms with Crippen molar-refractivity contribution < 1.29 is 14.3 Å². The monoisotopic (exact) mass is 260 g/mol. The summed E-state index contributed by atoms with van der Waals surface area (Å²) in [5.41, 5.74) is 0.832. The number of benzene rings is 1. The number of hydrazone groups is 1. The van der Waals surface area contributed by atoms with Crippen molar-refractivity contribution in [2.45, 2.75) is 0 Å². The van der Waals surface area contributed by atoms with Gasteiger partial charge in [0.1, 0.15) is 5.75 Å². The quantitative estimate of drug-likeness (QED) is 0.401. The van der Waals surface area contributed by atoms with E-state index in [1.54, 1.807) is 24.3 Å². The normalized spacial score (nSPS) is 19.2. The van der Waals surface area contributed by atoms with Gasteiger partial charge in [-0.1, -0.05) is 18.2 Å². The minimum absolute atomic E-state index is 0.0136. The highest BCUT2D eigenvalue weighted by atomic mass is 16.5. The second-order valence-corrected chi connectivity index (χ2v) is 3.69. The summed E-state index contributed by atoms with van der Waals surface area (Å²) < 4.78 is 5.18. The van der Waals surface area contributed by atoms with E-state index in [1.807, 2.05) is 6.07 Å². The van der Waals surface area contributed by atoms with Gasteiger partial charge < -0.3 is 10.6 Å². The van der Waals surface area contributed by atoms with E-state index in [2.05, 4.69) is 15.7 Å². The molecule has 3 amide bonds. The third kappa shape index (κ3) is 2.54. The maximum atomic E-state index is 11.8. The van der Waals surface area contributed by atoms with Gasteiger partial charge in [-0.15, -0.1) is 0 Å². The van der Waals surface area contributed by atoms with Crippen LogP contribution in [0, 0.1) is 0 Å². The number of nitrogens with one attached hydrogen (secondary N) is 2. The molecule has 4 N–H and O–H groups in total. The highest BCUT2D eigenvalue weighted by molar-refractivity contribution is 6.32. The van der Waals surface area contributed by atoms with E-state index in [-0.39, 0.29) is 11.4 Å². The summed E-state index contributed by atoms with van der Waals surface area (Å²) in [6.07, 6.45) is 1.54. The van der Waals surface area contributed by atoms with Gasteiger partial charge in [-0.05, 0) is 12.1 Å². The van der Waals surface area contributed by atoms with Crippen molar-refractivity contribution in [2.24, 2.45) is 10.9 Å². The number of carbonyl (C=O) groups is 2. The zero-order valence-electron chi connectivity index (χ0n) is 10.1. The lowest BCUT2D eigenvalue weighted by molar-refractivity contribution is -0.116. The number of nitrogens with two attached hydrogens (primary N) is 1. The molecule has 1 saturated heterocycles. The third-order valence-corrected chi connectivity index (χ3v) is 2.53. The molecule has 98 valence electrons. The van der Waals surface area contributed by atoms with Crippen LogP contribution >= 0.6 is 0 Å². The average molecular weight is 260 g/mol. The van der Waals surface area contributed by atoms with Gasteiger partial charge in [-0.2, -0.15) is 5.10 Å². The number of hydrogen-bond donors (Lipinski definition) is 3. The number of urea groups is 1. The number of para-hydroxylation sites is 1. The molecule has 0 aromatic heterocycles. The standard InChI is InChI=1S/C12H12N4O3/c1-19-9-5-3-2-4-7(9)6-8-10(16-13)14-12(18)15-11(8)17/h2-6H,13H2,1H3,(H2,14,15,16,17,18)/b8-6-. The van der Waals surface area contributed by atoms with Gasteiger partial charge in [0, 0.05) is 5.56 Å². The fraction of sp³-hybridized carbons (Fsp3) is 0.0833. The Morgan fingerprint density at radius 3 is 2.68 bits per heavy atom. The van der Waals surface area contributed by atoms with Crippen LogP contribution in [-0.4, -0.2) is 24.9 Å². The summed E-state index contributed by atoms with van der Waals surface area (Å²) in [4.78, 5) is 22.9. The van der Waals surface area contributed by atoms with Gasteiger partial charge in [-0.3, -0.25) is 15.4 Å². The molecule has 0 saturated carbocycles. The minimum atomic E-state index is -0.661. The molecule has 0 unspecified atom stereocenters. The number of rotatable bonds is 2. The van der Waals surface area contributed by atoms with Crippen LogP contribution in [0.5, 0.6) is 5.75 Å². The molecule has 0 bridgehead atoms. The van der Waals surface area contributed by atoms with Crippen molar-refractivity contribution in [2.75, 3.05) is 7.11 Å². The molecule has 2 rings (SSSR count). The van der Waals surface area contributed by atoms with Gasteiger partial charge in [0.05, 0.1) is 12.7 Å². The maximum absolute atomic E-state index is 11.8. The zero-order chi connectivity index (χ0) is 13.8. The first-order chi connectivity index (χ1) is 9.15. The van der Waals surface area contributed by atoms with E-state index in [0.717, 1.165) is 0 Å². The number of nitrogens with zero attached hydrogens (tertiary/aromatic N) is 1. The van der Waals surface area contributed by atoms with E-state index in [9.17, 15) is 9.59 Å². The molecule has 0 atom stereocenters. The van der Waals surface area contributed by atoms with Crippen molar-refractivity contribution in [1.82, 2.24) is 10.6 Å². The SMILES string of the molecule is COc1ccccc1/C=C1\C(=O)NC(=O)N\C1=N/N. The number of amidine groups is 1. The lowest BCUT2D eigenvalue weighted by atomic mass is 10.1. The van der Waals surface area contributed by atoms with E-state index in [0.29, 0.717) is 11.3 Å². The minimum Gasteiger partial charge on any atom is -0.496 e. The highest BCUT2D eigenvalue weighted by Gasteiger charge is 2.26. The number of methoxy groups -OCH3 is 1. The Morgan fingerprint density at radius 1 is 1.26 bits per heavy atom. The Bertz CT molecular complexity index is 592. The predicted molar refractivity (Wildman–Crippen MR) is 69.3 cm³/mol. The maximum Gasteiger partial charge on any atom is 0.327 e. The van der Waals surface area contributed by atoms with E-state index >= 15 is 0 Å². The first kappa shape index (κ1) is 12.6. The fourth-order valence-electron chi connectivity index (χ4n) is 1.66. The van der Waals surface area contributed by atoms with Gasteiger partial charge in [0.15, 0.2) is 5.84 Å². The number of carbonyl (C=O) groups excluding carboxylic acids is 2. The summed E-state index contributed by atoms with van der Waals surface area (Å²) in [6.45, 7) is 0. The van der Waals surface area contributed by atoms with E-state index < -0.39 is 11.9 Å². The first-order valence-corrected chi connectivity index (χ1v) is 5.41. The summed E-state index contributed by atoms with van der Waals surface area (Å²) in [6, 6.07) is 6.47. The molecule has 1 heterocycles. The molecule has 1 aliphatic heterocycles. The van der Waals surface area contributed by atoms with Crippen molar-refractivity contribution in [3.8, 4) is 5.75 Å². The smallest absolute Gasteiger partial charge is 0.327 e. The summed E-state index contributed by atoms with van der Waals surface area (Å²) in [5.74, 6) is 5.20. The summed E-state index contributed by atoms with van der Waals surface area (Å²) >= 11 is 0. The molecule has 1 aliphatic rings. The Balaban J connectivity index is 2.46. The number of ether oxygens (including phenoxy) is 1. The van der Waals surface area contributed by atoms with Gasteiger partial charge >= 0.3 is 6.03 Å². The Hall–Kier alpha value is -2.83. The van der Waals surface area contributed by atoms with Crippen LogP contribution in [0.25, 0.3) is 6.08 Å². The van der Waals surface area contributed by atoms with E-state index in [4.69, 9.17) is 10.6 Å². The Labute approximate surface area is 109 Å². The topological polar surface area (TPSA) is 106 Å². The first-order valence-electron chi connectivity index (χ1n) is 5.41. The van der Waals surface area contributed by atoms with Gasteiger partial charge in [-0.25, -0.2) is 4.79 Å². The molecular formula is C12H12N4O3. The van der Waals surface area contributed by atoms with Crippen LogP contribution in [0.2, 0.25) is 0 Å². The van der Waals surface area contributed by atoms with Gasteiger partial charge in [0.2, 0.25) is 0 Å². The molecule has 1 aromatic carbocycles. The molecular weight excluding hydrogens is 248 g/mol. The molecule has 0 radical (unpaired) electrons. The van der Waals surface area contributed by atoms with Crippen molar-refractivity contribution in [1.29, 1.82) is 0 Å². The largest absolute Gasteiger partial charge is 0.496 e. The zero-order valence-corrected chi connectivity index (χ0v) is 10.1. The van der Waals surface area contributed by atoms with Crippen LogP contribution in [0.15, 0.2) is 34.9 Å². The molecule has 0 aliphatic carbocycles. The van der Waals surface area contributed by atoms with Crippen molar-refractivity contribution >= 4 is 23.8 Å².